The summed E-state index contributed by atoms with van der Waals surface area (Å²) in [6.07, 6.45) is 5.94. The van der Waals surface area contributed by atoms with Crippen LogP contribution in [0.4, 0.5) is 0 Å². The first kappa shape index (κ1) is 10.3. The smallest absolute Gasteiger partial charge is 0.137 e. The maximum absolute atomic E-state index is 4.61. The molecule has 3 aromatic heterocycles. The first-order chi connectivity index (χ1) is 9.40. The standard InChI is InChI=1S/C15H12N4/c1-2-6-14-13(5-1)16-11-19(14)10-12-9-18-8-4-3-7-15(18)17-12/h1-9,11H,10H2. The fourth-order valence-corrected chi connectivity index (χ4v) is 2.37. The summed E-state index contributed by atoms with van der Waals surface area (Å²) in [5, 5.41) is 0. The predicted molar refractivity (Wildman–Crippen MR) is 74.0 cm³/mol. The topological polar surface area (TPSA) is 35.1 Å². The Kier molecular flexibility index (Phi) is 2.14. The van der Waals surface area contributed by atoms with Gasteiger partial charge in [-0.15, -0.1) is 0 Å². The van der Waals surface area contributed by atoms with E-state index >= 15 is 0 Å². The van der Waals surface area contributed by atoms with Crippen LogP contribution < -0.4 is 0 Å². The number of benzene rings is 1. The molecule has 4 nitrogen and oxygen atoms in total. The number of fused-ring (bicyclic) bond motifs is 2. The first-order valence-corrected chi connectivity index (χ1v) is 6.23. The number of hydrogen-bond donors (Lipinski definition) is 0. The van der Waals surface area contributed by atoms with E-state index in [1.807, 2.05) is 53.3 Å². The van der Waals surface area contributed by atoms with Crippen molar-refractivity contribution in [3.8, 4) is 0 Å². The van der Waals surface area contributed by atoms with Crippen molar-refractivity contribution in [1.29, 1.82) is 0 Å². The number of para-hydroxylation sites is 2. The maximum atomic E-state index is 4.61. The molecule has 0 atom stereocenters. The quantitative estimate of drug-likeness (QED) is 0.546. The molecule has 4 rings (SSSR count). The van der Waals surface area contributed by atoms with E-state index in [4.69, 9.17) is 0 Å². The number of imidazole rings is 2. The minimum Gasteiger partial charge on any atom is -0.324 e. The van der Waals surface area contributed by atoms with Gasteiger partial charge in [0.15, 0.2) is 0 Å². The molecule has 0 aliphatic heterocycles. The predicted octanol–water partition coefficient (Wildman–Crippen LogP) is 2.73. The van der Waals surface area contributed by atoms with Gasteiger partial charge in [-0.25, -0.2) is 9.97 Å². The summed E-state index contributed by atoms with van der Waals surface area (Å²) < 4.78 is 4.16. The van der Waals surface area contributed by atoms with Gasteiger partial charge in [0, 0.05) is 12.4 Å². The molecule has 0 fully saturated rings. The number of pyridine rings is 1. The Bertz CT molecular complexity index is 823. The molecule has 0 saturated heterocycles. The van der Waals surface area contributed by atoms with Gasteiger partial charge in [0.2, 0.25) is 0 Å². The molecule has 0 amide bonds. The van der Waals surface area contributed by atoms with Crippen molar-refractivity contribution in [3.63, 3.8) is 0 Å². The van der Waals surface area contributed by atoms with E-state index in [2.05, 4.69) is 26.8 Å². The monoisotopic (exact) mass is 248 g/mol. The Morgan fingerprint density at radius 3 is 2.84 bits per heavy atom. The summed E-state index contributed by atoms with van der Waals surface area (Å²) in [5.74, 6) is 0. The van der Waals surface area contributed by atoms with Crippen LogP contribution in [0.3, 0.4) is 0 Å². The van der Waals surface area contributed by atoms with Crippen LogP contribution in [0.2, 0.25) is 0 Å². The Morgan fingerprint density at radius 2 is 1.89 bits per heavy atom. The Morgan fingerprint density at radius 1 is 1.00 bits per heavy atom. The molecule has 92 valence electrons. The van der Waals surface area contributed by atoms with E-state index in [-0.39, 0.29) is 0 Å². The summed E-state index contributed by atoms with van der Waals surface area (Å²) >= 11 is 0. The Balaban J connectivity index is 1.78. The van der Waals surface area contributed by atoms with Crippen molar-refractivity contribution in [2.75, 3.05) is 0 Å². The van der Waals surface area contributed by atoms with E-state index in [9.17, 15) is 0 Å². The summed E-state index contributed by atoms with van der Waals surface area (Å²) in [7, 11) is 0. The molecule has 0 aliphatic rings. The summed E-state index contributed by atoms with van der Waals surface area (Å²) in [4.78, 5) is 9.01. The molecule has 4 heteroatoms. The second-order valence-electron chi connectivity index (χ2n) is 4.56. The molecule has 1 aromatic carbocycles. The van der Waals surface area contributed by atoms with Gasteiger partial charge < -0.3 is 8.97 Å². The molecule has 4 aromatic rings. The van der Waals surface area contributed by atoms with Crippen LogP contribution in [0.15, 0.2) is 61.2 Å². The minimum atomic E-state index is 0.738. The molecule has 3 heterocycles. The van der Waals surface area contributed by atoms with Gasteiger partial charge >= 0.3 is 0 Å². The average molecular weight is 248 g/mol. The lowest BCUT2D eigenvalue weighted by molar-refractivity contribution is 0.804. The van der Waals surface area contributed by atoms with Gasteiger partial charge in [-0.2, -0.15) is 0 Å². The van der Waals surface area contributed by atoms with E-state index in [0.717, 1.165) is 28.9 Å². The average Bonchev–Trinajstić information content (AvgIpc) is 3.03. The highest BCUT2D eigenvalue weighted by molar-refractivity contribution is 5.75. The van der Waals surface area contributed by atoms with Crippen molar-refractivity contribution in [2.24, 2.45) is 0 Å². The number of aromatic nitrogens is 4. The largest absolute Gasteiger partial charge is 0.324 e. The van der Waals surface area contributed by atoms with Crippen LogP contribution in [0.5, 0.6) is 0 Å². The third kappa shape index (κ3) is 1.69. The molecule has 0 N–H and O–H groups in total. The summed E-state index contributed by atoms with van der Waals surface area (Å²) in [5.41, 5.74) is 4.17. The van der Waals surface area contributed by atoms with Gasteiger partial charge in [0.1, 0.15) is 5.65 Å². The van der Waals surface area contributed by atoms with Crippen molar-refractivity contribution in [3.05, 3.63) is 66.9 Å². The van der Waals surface area contributed by atoms with Crippen LogP contribution >= 0.6 is 0 Å². The summed E-state index contributed by atoms with van der Waals surface area (Å²) in [6, 6.07) is 14.2. The van der Waals surface area contributed by atoms with Gasteiger partial charge in [0.05, 0.1) is 29.6 Å². The SMILES string of the molecule is c1ccc2c(c1)ncn2Cc1cn2ccccc2n1. The third-order valence-corrected chi connectivity index (χ3v) is 3.27. The van der Waals surface area contributed by atoms with Crippen LogP contribution in [0.25, 0.3) is 16.7 Å². The van der Waals surface area contributed by atoms with Crippen molar-refractivity contribution < 1.29 is 0 Å². The zero-order valence-corrected chi connectivity index (χ0v) is 10.3. The highest BCUT2D eigenvalue weighted by atomic mass is 15.1. The highest BCUT2D eigenvalue weighted by Gasteiger charge is 2.05. The van der Waals surface area contributed by atoms with Crippen molar-refractivity contribution >= 4 is 16.7 Å². The molecule has 0 unspecified atom stereocenters. The molecule has 0 radical (unpaired) electrons. The number of rotatable bonds is 2. The fraction of sp³-hybridized carbons (Fsp3) is 0.0667. The van der Waals surface area contributed by atoms with Crippen molar-refractivity contribution in [2.45, 2.75) is 6.54 Å². The van der Waals surface area contributed by atoms with Crippen LogP contribution in [-0.4, -0.2) is 18.9 Å². The van der Waals surface area contributed by atoms with Gasteiger partial charge in [-0.3, -0.25) is 0 Å². The first-order valence-electron chi connectivity index (χ1n) is 6.23. The zero-order chi connectivity index (χ0) is 12.7. The summed E-state index contributed by atoms with van der Waals surface area (Å²) in [6.45, 7) is 0.738. The highest BCUT2D eigenvalue weighted by Crippen LogP contribution is 2.14. The lowest BCUT2D eigenvalue weighted by atomic mass is 10.3. The van der Waals surface area contributed by atoms with Crippen LogP contribution in [-0.2, 0) is 6.54 Å². The van der Waals surface area contributed by atoms with E-state index in [1.54, 1.807) is 0 Å². The lowest BCUT2D eigenvalue weighted by Crippen LogP contribution is -1.97. The number of nitrogens with zero attached hydrogens (tertiary/aromatic N) is 4. The normalized spacial score (nSPS) is 11.4. The van der Waals surface area contributed by atoms with E-state index < -0.39 is 0 Å². The molecule has 0 spiro atoms. The van der Waals surface area contributed by atoms with E-state index in [0.29, 0.717) is 0 Å². The molecule has 0 aliphatic carbocycles. The second kappa shape index (κ2) is 3.95. The molecule has 0 saturated carbocycles. The molecular weight excluding hydrogens is 236 g/mol. The molecular formula is C15H12N4. The Hall–Kier alpha value is -2.62. The third-order valence-electron chi connectivity index (χ3n) is 3.27. The molecule has 0 bridgehead atoms. The molecule has 19 heavy (non-hydrogen) atoms. The second-order valence-corrected chi connectivity index (χ2v) is 4.56. The fourth-order valence-electron chi connectivity index (χ4n) is 2.37. The lowest BCUT2D eigenvalue weighted by Gasteiger charge is -2.00. The zero-order valence-electron chi connectivity index (χ0n) is 10.3. The van der Waals surface area contributed by atoms with E-state index in [1.165, 1.54) is 0 Å². The van der Waals surface area contributed by atoms with Crippen molar-refractivity contribution in [1.82, 2.24) is 18.9 Å². The van der Waals surface area contributed by atoms with Gasteiger partial charge in [-0.1, -0.05) is 18.2 Å². The minimum absolute atomic E-state index is 0.738. The number of hydrogen-bond acceptors (Lipinski definition) is 2. The maximum Gasteiger partial charge on any atom is 0.137 e. The van der Waals surface area contributed by atoms with Crippen LogP contribution in [0.1, 0.15) is 5.69 Å². The van der Waals surface area contributed by atoms with Gasteiger partial charge in [0.25, 0.3) is 0 Å². The van der Waals surface area contributed by atoms with Gasteiger partial charge in [-0.05, 0) is 24.3 Å². The Labute approximate surface area is 110 Å². The van der Waals surface area contributed by atoms with Crippen LogP contribution in [0, 0.1) is 0 Å².